The van der Waals surface area contributed by atoms with E-state index < -0.39 is 63.2 Å². The van der Waals surface area contributed by atoms with Crippen LogP contribution in [0.5, 0.6) is 0 Å². The van der Waals surface area contributed by atoms with Crippen LogP contribution < -0.4 is 11.3 Å². The smallest absolute Gasteiger partial charge is 0.458 e. The van der Waals surface area contributed by atoms with Crippen molar-refractivity contribution in [1.82, 2.24) is 4.98 Å². The van der Waals surface area contributed by atoms with Crippen LogP contribution in [0.1, 0.15) is 26.3 Å². The van der Waals surface area contributed by atoms with Gasteiger partial charge in [-0.05, 0) is 5.56 Å². The zero-order valence-corrected chi connectivity index (χ0v) is 12.9. The molecule has 0 atom stereocenters. The van der Waals surface area contributed by atoms with Crippen molar-refractivity contribution in [1.29, 1.82) is 0 Å². The van der Waals surface area contributed by atoms with Crippen LogP contribution in [-0.4, -0.2) is 33.3 Å². The zero-order valence-electron chi connectivity index (χ0n) is 12.9. The minimum Gasteiger partial charge on any atom is -0.478 e. The Hall–Kier alpha value is -3.44. The Labute approximate surface area is 145 Å². The number of pyridine rings is 1. The highest BCUT2D eigenvalue weighted by Gasteiger charge is 2.59. The SMILES string of the molecule is Nc1[nH]c(=O)c(C(=O)O)c(-c2ccccc2C(F)(F)C(F)(F)F)c1C(=O)O. The normalized spacial score (nSPS) is 12.0. The molecule has 0 fully saturated rings. The summed E-state index contributed by atoms with van der Waals surface area (Å²) in [6, 6.07) is 2.77. The van der Waals surface area contributed by atoms with Crippen LogP contribution in [0.3, 0.4) is 0 Å². The summed E-state index contributed by atoms with van der Waals surface area (Å²) in [5.74, 6) is -10.4. The molecule has 1 aromatic carbocycles. The van der Waals surface area contributed by atoms with Crippen LogP contribution in [0.2, 0.25) is 0 Å². The average Bonchev–Trinajstić information content (AvgIpc) is 2.52. The Bertz CT molecular complexity index is 997. The minimum absolute atomic E-state index is 0.345. The van der Waals surface area contributed by atoms with Gasteiger partial charge in [-0.25, -0.2) is 9.59 Å². The Morgan fingerprint density at radius 2 is 1.48 bits per heavy atom. The molecular formula is C15H9F5N2O5. The number of hydrogen-bond donors (Lipinski definition) is 4. The first-order chi connectivity index (χ1) is 12.3. The molecule has 144 valence electrons. The molecule has 0 aliphatic rings. The van der Waals surface area contributed by atoms with Gasteiger partial charge in [-0.3, -0.25) is 4.79 Å². The molecule has 0 aliphatic carbocycles. The van der Waals surface area contributed by atoms with Gasteiger partial charge in [0.05, 0.1) is 0 Å². The molecule has 27 heavy (non-hydrogen) atoms. The van der Waals surface area contributed by atoms with Gasteiger partial charge in [0.15, 0.2) is 0 Å². The number of carbonyl (C=O) groups is 2. The Morgan fingerprint density at radius 1 is 0.963 bits per heavy atom. The maximum absolute atomic E-state index is 13.9. The van der Waals surface area contributed by atoms with E-state index in [-0.39, 0.29) is 0 Å². The molecule has 0 saturated heterocycles. The summed E-state index contributed by atoms with van der Waals surface area (Å²) in [6.45, 7) is 0. The van der Waals surface area contributed by atoms with Crippen LogP contribution in [-0.2, 0) is 5.92 Å². The maximum Gasteiger partial charge on any atom is 0.458 e. The summed E-state index contributed by atoms with van der Waals surface area (Å²) in [7, 11) is 0. The Morgan fingerprint density at radius 3 is 1.96 bits per heavy atom. The van der Waals surface area contributed by atoms with E-state index in [2.05, 4.69) is 0 Å². The monoisotopic (exact) mass is 392 g/mol. The third-order valence-corrected chi connectivity index (χ3v) is 3.56. The van der Waals surface area contributed by atoms with Gasteiger partial charge in [-0.15, -0.1) is 0 Å². The third-order valence-electron chi connectivity index (χ3n) is 3.56. The van der Waals surface area contributed by atoms with Crippen LogP contribution in [0.4, 0.5) is 27.8 Å². The van der Waals surface area contributed by atoms with E-state index in [1.807, 2.05) is 0 Å². The van der Waals surface area contributed by atoms with Crippen LogP contribution >= 0.6 is 0 Å². The average molecular weight is 392 g/mol. The fourth-order valence-corrected chi connectivity index (χ4v) is 2.44. The molecule has 0 bridgehead atoms. The van der Waals surface area contributed by atoms with E-state index in [0.717, 1.165) is 12.1 Å². The number of aromatic amines is 1. The van der Waals surface area contributed by atoms with Crippen molar-refractivity contribution in [2.45, 2.75) is 12.1 Å². The van der Waals surface area contributed by atoms with Gasteiger partial charge in [0.1, 0.15) is 16.9 Å². The van der Waals surface area contributed by atoms with Crippen LogP contribution in [0.15, 0.2) is 29.1 Å². The maximum atomic E-state index is 13.9. The van der Waals surface area contributed by atoms with Crippen molar-refractivity contribution in [3.63, 3.8) is 0 Å². The van der Waals surface area contributed by atoms with E-state index in [0.29, 0.717) is 12.1 Å². The number of rotatable bonds is 4. The van der Waals surface area contributed by atoms with Gasteiger partial charge in [-0.2, -0.15) is 22.0 Å². The number of aromatic nitrogens is 1. The molecule has 0 saturated carbocycles. The molecule has 2 rings (SSSR count). The largest absolute Gasteiger partial charge is 0.478 e. The molecule has 0 amide bonds. The van der Waals surface area contributed by atoms with E-state index in [9.17, 15) is 46.5 Å². The lowest BCUT2D eigenvalue weighted by Gasteiger charge is -2.23. The first-order valence-electron chi connectivity index (χ1n) is 6.87. The fourth-order valence-electron chi connectivity index (χ4n) is 2.44. The number of alkyl halides is 5. The van der Waals surface area contributed by atoms with Gasteiger partial charge in [0.25, 0.3) is 5.56 Å². The summed E-state index contributed by atoms with van der Waals surface area (Å²) in [6.07, 6.45) is -6.07. The molecule has 12 heteroatoms. The van der Waals surface area contributed by atoms with Crippen molar-refractivity contribution < 1.29 is 41.8 Å². The highest BCUT2D eigenvalue weighted by atomic mass is 19.4. The standard InChI is InChI=1S/C15H9F5N2O5/c16-14(17,15(18,19)20)6-4-2-1-3-5(6)7-8(12(24)25)10(21)22-11(23)9(7)13(26)27/h1-4H,(H,24,25)(H,26,27)(H3,21,22,23). The predicted molar refractivity (Wildman–Crippen MR) is 80.8 cm³/mol. The van der Waals surface area contributed by atoms with E-state index in [1.54, 1.807) is 4.98 Å². The summed E-state index contributed by atoms with van der Waals surface area (Å²) < 4.78 is 66.3. The molecule has 1 aromatic heterocycles. The quantitative estimate of drug-likeness (QED) is 0.591. The highest BCUT2D eigenvalue weighted by Crippen LogP contribution is 2.48. The summed E-state index contributed by atoms with van der Waals surface area (Å²) in [5, 5.41) is 18.4. The Balaban J connectivity index is 3.07. The van der Waals surface area contributed by atoms with Gasteiger partial charge in [0.2, 0.25) is 0 Å². The lowest BCUT2D eigenvalue weighted by atomic mass is 9.89. The number of carboxylic acids is 2. The van der Waals surface area contributed by atoms with Gasteiger partial charge in [0, 0.05) is 11.1 Å². The van der Waals surface area contributed by atoms with E-state index in [4.69, 9.17) is 5.73 Å². The number of carboxylic acid groups (broad SMARTS) is 2. The second-order valence-electron chi connectivity index (χ2n) is 5.22. The summed E-state index contributed by atoms with van der Waals surface area (Å²) >= 11 is 0. The number of nitrogen functional groups attached to an aromatic ring is 1. The van der Waals surface area contributed by atoms with Gasteiger partial charge >= 0.3 is 24.0 Å². The van der Waals surface area contributed by atoms with Crippen LogP contribution in [0.25, 0.3) is 11.1 Å². The summed E-state index contributed by atoms with van der Waals surface area (Å²) in [4.78, 5) is 36.5. The van der Waals surface area contributed by atoms with Crippen molar-refractivity contribution >= 4 is 17.8 Å². The third kappa shape index (κ3) is 3.20. The first kappa shape index (κ1) is 19.9. The van der Waals surface area contributed by atoms with Crippen LogP contribution in [0, 0.1) is 0 Å². The lowest BCUT2D eigenvalue weighted by Crippen LogP contribution is -2.34. The molecule has 7 nitrogen and oxygen atoms in total. The van der Waals surface area contributed by atoms with Gasteiger partial charge < -0.3 is 20.9 Å². The highest BCUT2D eigenvalue weighted by molar-refractivity contribution is 6.07. The minimum atomic E-state index is -6.07. The van der Waals surface area contributed by atoms with Crippen molar-refractivity contribution in [3.05, 3.63) is 51.3 Å². The van der Waals surface area contributed by atoms with E-state index >= 15 is 0 Å². The molecular weight excluding hydrogens is 383 g/mol. The summed E-state index contributed by atoms with van der Waals surface area (Å²) in [5.41, 5.74) is -2.59. The van der Waals surface area contributed by atoms with E-state index in [1.165, 1.54) is 0 Å². The zero-order chi connectivity index (χ0) is 20.7. The molecule has 0 aliphatic heterocycles. The number of nitrogens with one attached hydrogen (secondary N) is 1. The molecule has 2 aromatic rings. The number of benzene rings is 1. The molecule has 1 heterocycles. The number of anilines is 1. The molecule has 0 unspecified atom stereocenters. The number of nitrogens with two attached hydrogens (primary N) is 1. The van der Waals surface area contributed by atoms with Crippen molar-refractivity contribution in [2.75, 3.05) is 5.73 Å². The topological polar surface area (TPSA) is 133 Å². The number of H-pyrrole nitrogens is 1. The van der Waals surface area contributed by atoms with Crippen molar-refractivity contribution in [2.24, 2.45) is 0 Å². The number of halogens is 5. The Kier molecular flexibility index (Phi) is 4.69. The van der Waals surface area contributed by atoms with Gasteiger partial charge in [-0.1, -0.05) is 24.3 Å². The predicted octanol–water partition coefficient (Wildman–Crippen LogP) is 2.67. The van der Waals surface area contributed by atoms with Crippen molar-refractivity contribution in [3.8, 4) is 11.1 Å². The first-order valence-corrected chi connectivity index (χ1v) is 6.87. The number of hydrogen-bond acceptors (Lipinski definition) is 4. The molecule has 0 radical (unpaired) electrons. The fraction of sp³-hybridized carbons (Fsp3) is 0.133. The molecule has 5 N–H and O–H groups in total. The molecule has 0 spiro atoms. The number of aromatic carboxylic acids is 2. The lowest BCUT2D eigenvalue weighted by molar-refractivity contribution is -0.289. The second-order valence-corrected chi connectivity index (χ2v) is 5.22. The second kappa shape index (κ2) is 6.37.